The molecule has 0 saturated carbocycles. The van der Waals surface area contributed by atoms with E-state index >= 15 is 0 Å². The maximum Gasteiger partial charge on any atom is 0.261 e. The average Bonchev–Trinajstić information content (AvgIpc) is 2.47. The molecule has 2 N–H and O–H groups in total. The molecule has 4 nitrogen and oxygen atoms in total. The van der Waals surface area contributed by atoms with Gasteiger partial charge in [-0.3, -0.25) is 4.72 Å². The van der Waals surface area contributed by atoms with Crippen LogP contribution in [0.2, 0.25) is 0 Å². The first-order chi connectivity index (χ1) is 9.56. The number of aliphatic hydroxyl groups excluding tert-OH is 1. The molecule has 2 aromatic carbocycles. The molecule has 0 heterocycles. The van der Waals surface area contributed by atoms with Gasteiger partial charge in [-0.2, -0.15) is 0 Å². The molecule has 0 aliphatic heterocycles. The van der Waals surface area contributed by atoms with E-state index in [1.54, 1.807) is 24.3 Å². The smallest absolute Gasteiger partial charge is 0.261 e. The molecular formula is C15H17NO3S. The van der Waals surface area contributed by atoms with Gasteiger partial charge in [0.05, 0.1) is 17.2 Å². The number of sulfonamides is 1. The van der Waals surface area contributed by atoms with Gasteiger partial charge in [0.25, 0.3) is 10.0 Å². The number of benzene rings is 2. The van der Waals surface area contributed by atoms with Crippen LogP contribution >= 0.6 is 0 Å². The van der Waals surface area contributed by atoms with Gasteiger partial charge < -0.3 is 5.11 Å². The molecule has 0 radical (unpaired) electrons. The summed E-state index contributed by atoms with van der Waals surface area (Å²) in [6.45, 7) is 1.79. The lowest BCUT2D eigenvalue weighted by Crippen LogP contribution is -2.14. The van der Waals surface area contributed by atoms with Gasteiger partial charge in [-0.25, -0.2) is 8.42 Å². The van der Waals surface area contributed by atoms with Gasteiger partial charge in [0, 0.05) is 0 Å². The molecule has 20 heavy (non-hydrogen) atoms. The highest BCUT2D eigenvalue weighted by atomic mass is 32.2. The zero-order valence-corrected chi connectivity index (χ0v) is 12.0. The zero-order valence-electron chi connectivity index (χ0n) is 11.2. The predicted octanol–water partition coefficient (Wildman–Crippen LogP) is 2.54. The summed E-state index contributed by atoms with van der Waals surface area (Å²) in [5.41, 5.74) is 2.09. The lowest BCUT2D eigenvalue weighted by Gasteiger charge is -2.12. The topological polar surface area (TPSA) is 66.4 Å². The predicted molar refractivity (Wildman–Crippen MR) is 79.0 cm³/mol. The molecule has 2 rings (SSSR count). The number of nitrogens with one attached hydrogen (secondary N) is 1. The fourth-order valence-corrected chi connectivity index (χ4v) is 3.11. The average molecular weight is 291 g/mol. The third-order valence-electron chi connectivity index (χ3n) is 3.03. The van der Waals surface area contributed by atoms with Crippen LogP contribution in [0, 0.1) is 0 Å². The minimum atomic E-state index is -3.64. The van der Waals surface area contributed by atoms with Crippen LogP contribution in [0.1, 0.15) is 18.1 Å². The van der Waals surface area contributed by atoms with Crippen molar-refractivity contribution in [2.24, 2.45) is 0 Å². The van der Waals surface area contributed by atoms with E-state index in [-0.39, 0.29) is 11.5 Å². The Balaban J connectivity index is 2.35. The number of hydrogen-bond acceptors (Lipinski definition) is 3. The van der Waals surface area contributed by atoms with Crippen LogP contribution in [-0.2, 0) is 23.1 Å². The standard InChI is InChI=1S/C15H17NO3S/c1-2-13-7-3-4-9-15(13)16-20(18,19)14-8-5-6-12(10-14)11-17/h3-10,16-17H,2,11H2,1H3. The van der Waals surface area contributed by atoms with E-state index < -0.39 is 10.0 Å². The number of anilines is 1. The number of rotatable bonds is 5. The first-order valence-electron chi connectivity index (χ1n) is 6.37. The Hall–Kier alpha value is -1.85. The summed E-state index contributed by atoms with van der Waals surface area (Å²) in [4.78, 5) is 0.148. The minimum Gasteiger partial charge on any atom is -0.392 e. The van der Waals surface area contributed by atoms with Crippen molar-refractivity contribution in [3.05, 3.63) is 59.7 Å². The molecule has 0 aliphatic carbocycles. The molecule has 0 amide bonds. The van der Waals surface area contributed by atoms with Crippen LogP contribution in [0.15, 0.2) is 53.4 Å². The largest absolute Gasteiger partial charge is 0.392 e. The molecular weight excluding hydrogens is 274 g/mol. The maximum atomic E-state index is 12.3. The second-order valence-corrected chi connectivity index (χ2v) is 6.10. The summed E-state index contributed by atoms with van der Waals surface area (Å²) in [6.07, 6.45) is 0.745. The Morgan fingerprint density at radius 3 is 2.55 bits per heavy atom. The number of aryl methyl sites for hydroxylation is 1. The van der Waals surface area contributed by atoms with E-state index in [0.29, 0.717) is 11.3 Å². The van der Waals surface area contributed by atoms with Crippen molar-refractivity contribution in [2.75, 3.05) is 4.72 Å². The molecule has 0 bridgehead atoms. The third-order valence-corrected chi connectivity index (χ3v) is 4.40. The van der Waals surface area contributed by atoms with E-state index in [0.717, 1.165) is 12.0 Å². The van der Waals surface area contributed by atoms with E-state index in [9.17, 15) is 8.42 Å². The fourth-order valence-electron chi connectivity index (χ4n) is 1.94. The van der Waals surface area contributed by atoms with E-state index in [1.807, 2.05) is 19.1 Å². The molecule has 0 spiro atoms. The summed E-state index contributed by atoms with van der Waals surface area (Å²) in [6, 6.07) is 13.6. The van der Waals surface area contributed by atoms with E-state index in [1.165, 1.54) is 12.1 Å². The van der Waals surface area contributed by atoms with Crippen LogP contribution in [0.25, 0.3) is 0 Å². The first kappa shape index (κ1) is 14.6. The quantitative estimate of drug-likeness (QED) is 0.889. The van der Waals surface area contributed by atoms with Crippen molar-refractivity contribution in [3.63, 3.8) is 0 Å². The summed E-state index contributed by atoms with van der Waals surface area (Å²) in [7, 11) is -3.64. The van der Waals surface area contributed by atoms with Crippen LogP contribution in [-0.4, -0.2) is 13.5 Å². The van der Waals surface area contributed by atoms with Gasteiger partial charge in [0.2, 0.25) is 0 Å². The third kappa shape index (κ3) is 3.18. The molecule has 0 aliphatic rings. The van der Waals surface area contributed by atoms with Crippen LogP contribution in [0.4, 0.5) is 5.69 Å². The maximum absolute atomic E-state index is 12.3. The highest BCUT2D eigenvalue weighted by Crippen LogP contribution is 2.21. The Labute approximate surface area is 119 Å². The van der Waals surface area contributed by atoms with Crippen LogP contribution in [0.3, 0.4) is 0 Å². The molecule has 0 unspecified atom stereocenters. The van der Waals surface area contributed by atoms with Crippen molar-refractivity contribution >= 4 is 15.7 Å². The normalized spacial score (nSPS) is 11.3. The van der Waals surface area contributed by atoms with Gasteiger partial charge >= 0.3 is 0 Å². The van der Waals surface area contributed by atoms with Crippen molar-refractivity contribution in [2.45, 2.75) is 24.8 Å². The summed E-state index contributed by atoms with van der Waals surface area (Å²) >= 11 is 0. The zero-order chi connectivity index (χ0) is 14.6. The first-order valence-corrected chi connectivity index (χ1v) is 7.85. The monoisotopic (exact) mass is 291 g/mol. The number of hydrogen-bond donors (Lipinski definition) is 2. The fraction of sp³-hybridized carbons (Fsp3) is 0.200. The second-order valence-electron chi connectivity index (χ2n) is 4.42. The van der Waals surface area contributed by atoms with Crippen LogP contribution < -0.4 is 4.72 Å². The summed E-state index contributed by atoms with van der Waals surface area (Å²) in [5, 5.41) is 9.08. The molecule has 5 heteroatoms. The SMILES string of the molecule is CCc1ccccc1NS(=O)(=O)c1cccc(CO)c1. The van der Waals surface area contributed by atoms with Gasteiger partial charge in [0.15, 0.2) is 0 Å². The molecule has 0 fully saturated rings. The van der Waals surface area contributed by atoms with Crippen molar-refractivity contribution < 1.29 is 13.5 Å². The minimum absolute atomic E-state index is 0.148. The molecule has 0 saturated heterocycles. The van der Waals surface area contributed by atoms with Crippen molar-refractivity contribution in [1.82, 2.24) is 0 Å². The molecule has 0 atom stereocenters. The molecule has 2 aromatic rings. The second kappa shape index (κ2) is 6.07. The van der Waals surface area contributed by atoms with Gasteiger partial charge in [0.1, 0.15) is 0 Å². The van der Waals surface area contributed by atoms with Gasteiger partial charge in [-0.1, -0.05) is 37.3 Å². The van der Waals surface area contributed by atoms with Crippen molar-refractivity contribution in [3.8, 4) is 0 Å². The highest BCUT2D eigenvalue weighted by molar-refractivity contribution is 7.92. The number of aliphatic hydroxyl groups is 1. The lowest BCUT2D eigenvalue weighted by atomic mass is 10.1. The molecule has 106 valence electrons. The Morgan fingerprint density at radius 1 is 1.10 bits per heavy atom. The van der Waals surface area contributed by atoms with Gasteiger partial charge in [-0.15, -0.1) is 0 Å². The summed E-state index contributed by atoms with van der Waals surface area (Å²) < 4.78 is 27.3. The molecule has 0 aromatic heterocycles. The Bertz CT molecular complexity index is 696. The summed E-state index contributed by atoms with van der Waals surface area (Å²) in [5.74, 6) is 0. The van der Waals surface area contributed by atoms with Gasteiger partial charge in [-0.05, 0) is 35.7 Å². The van der Waals surface area contributed by atoms with E-state index in [4.69, 9.17) is 5.11 Å². The Kier molecular flexibility index (Phi) is 4.42. The Morgan fingerprint density at radius 2 is 1.85 bits per heavy atom. The highest BCUT2D eigenvalue weighted by Gasteiger charge is 2.15. The number of para-hydroxylation sites is 1. The van der Waals surface area contributed by atoms with Crippen LogP contribution in [0.5, 0.6) is 0 Å². The van der Waals surface area contributed by atoms with E-state index in [2.05, 4.69) is 4.72 Å². The lowest BCUT2D eigenvalue weighted by molar-refractivity contribution is 0.281. The van der Waals surface area contributed by atoms with Crippen molar-refractivity contribution in [1.29, 1.82) is 0 Å².